The van der Waals surface area contributed by atoms with Gasteiger partial charge in [-0.05, 0) is 53.4 Å². The summed E-state index contributed by atoms with van der Waals surface area (Å²) in [5.41, 5.74) is 1.74. The van der Waals surface area contributed by atoms with E-state index < -0.39 is 46.1 Å². The molecule has 3 atom stereocenters. The van der Waals surface area contributed by atoms with Crippen LogP contribution in [0.2, 0.25) is 0 Å². The van der Waals surface area contributed by atoms with Gasteiger partial charge in [0.2, 0.25) is 0 Å². The maximum absolute atomic E-state index is 12.4. The number of carbonyl (C=O) groups is 3. The van der Waals surface area contributed by atoms with E-state index in [0.29, 0.717) is 24.3 Å². The number of hydrogen-bond acceptors (Lipinski definition) is 7. The largest absolute Gasteiger partial charge is 0.465 e. The number of fused-ring (bicyclic) bond motifs is 2. The van der Waals surface area contributed by atoms with Crippen LogP contribution in [0.3, 0.4) is 0 Å². The lowest BCUT2D eigenvalue weighted by molar-refractivity contribution is -0.139. The van der Waals surface area contributed by atoms with Crippen LogP contribution in [-0.2, 0) is 24.3 Å². The highest BCUT2D eigenvalue weighted by Crippen LogP contribution is 2.30. The van der Waals surface area contributed by atoms with Crippen molar-refractivity contribution in [2.24, 2.45) is 0 Å². The van der Waals surface area contributed by atoms with Gasteiger partial charge in [-0.15, -0.1) is 4.28 Å². The van der Waals surface area contributed by atoms with Gasteiger partial charge in [-0.2, -0.15) is 13.5 Å². The van der Waals surface area contributed by atoms with E-state index in [2.05, 4.69) is 9.76 Å². The Morgan fingerprint density at radius 3 is 2.52 bits per heavy atom. The molecule has 178 valence electrons. The van der Waals surface area contributed by atoms with Gasteiger partial charge in [0.15, 0.2) is 0 Å². The highest BCUT2D eigenvalue weighted by atomic mass is 32.3. The Balaban J connectivity index is 1.79. The minimum absolute atomic E-state index is 0.0851. The third-order valence-corrected chi connectivity index (χ3v) is 5.56. The zero-order chi connectivity index (χ0) is 23.6. The Kier molecular flexibility index (Phi) is 7.73. The first kappa shape index (κ1) is 25.1. The highest BCUT2D eigenvalue weighted by molar-refractivity contribution is 7.80. The molecule has 0 aliphatic carbocycles. The molecule has 2 heterocycles. The van der Waals surface area contributed by atoms with Gasteiger partial charge < -0.3 is 14.9 Å². The van der Waals surface area contributed by atoms with Gasteiger partial charge in [-0.3, -0.25) is 14.2 Å². The molecule has 2 saturated heterocycles. The number of carboxylic acid groups (broad SMARTS) is 1. The summed E-state index contributed by atoms with van der Waals surface area (Å²) in [5, 5.41) is 9.96. The molecule has 0 spiro atoms. The molecule has 14 heteroatoms. The molecule has 31 heavy (non-hydrogen) atoms. The van der Waals surface area contributed by atoms with Crippen LogP contribution in [0.15, 0.2) is 0 Å². The van der Waals surface area contributed by atoms with E-state index in [4.69, 9.17) is 9.39 Å². The van der Waals surface area contributed by atoms with Gasteiger partial charge in [-0.25, -0.2) is 15.1 Å². The summed E-state index contributed by atoms with van der Waals surface area (Å²) in [6.45, 7) is 7.47. The molecule has 2 aliphatic heterocycles. The van der Waals surface area contributed by atoms with Crippen molar-refractivity contribution >= 4 is 28.4 Å². The first-order valence-corrected chi connectivity index (χ1v) is 11.3. The van der Waals surface area contributed by atoms with Crippen LogP contribution in [0.4, 0.5) is 9.59 Å². The fourth-order valence-electron chi connectivity index (χ4n) is 4.01. The van der Waals surface area contributed by atoms with E-state index >= 15 is 0 Å². The molecule has 0 saturated carbocycles. The molecule has 0 aromatic heterocycles. The van der Waals surface area contributed by atoms with Crippen molar-refractivity contribution in [2.75, 3.05) is 13.2 Å². The van der Waals surface area contributed by atoms with E-state index in [1.807, 2.05) is 20.8 Å². The number of amides is 4. The Morgan fingerprint density at radius 2 is 1.97 bits per heavy atom. The lowest BCUT2D eigenvalue weighted by atomic mass is 10.0. The van der Waals surface area contributed by atoms with Crippen LogP contribution in [0, 0.1) is 0 Å². The number of urea groups is 1. The monoisotopic (exact) mass is 466 g/mol. The smallest absolute Gasteiger partial charge is 0.418 e. The molecule has 2 rings (SSSR count). The minimum Gasteiger partial charge on any atom is -0.465 e. The first-order chi connectivity index (χ1) is 14.2. The van der Waals surface area contributed by atoms with Crippen molar-refractivity contribution in [3.05, 3.63) is 0 Å². The average Bonchev–Trinajstić information content (AvgIpc) is 2.83. The summed E-state index contributed by atoms with van der Waals surface area (Å²) >= 11 is 0. The molecule has 13 nitrogen and oxygen atoms in total. The first-order valence-electron chi connectivity index (χ1n) is 9.93. The second kappa shape index (κ2) is 9.54. The third kappa shape index (κ3) is 6.41. The minimum atomic E-state index is -4.85. The molecular weight excluding hydrogens is 436 g/mol. The van der Waals surface area contributed by atoms with Crippen LogP contribution >= 0.6 is 0 Å². The number of hydroxylamine groups is 3. The second-order valence-corrected chi connectivity index (χ2v) is 9.64. The summed E-state index contributed by atoms with van der Waals surface area (Å²) in [7, 11) is -4.85. The van der Waals surface area contributed by atoms with Gasteiger partial charge in [0.05, 0.1) is 12.6 Å². The Labute approximate surface area is 181 Å². The summed E-state index contributed by atoms with van der Waals surface area (Å²) in [5.74, 6) is -0.560. The Bertz CT molecular complexity index is 798. The molecule has 0 aromatic rings. The molecule has 2 fully saturated rings. The third-order valence-electron chi connectivity index (χ3n) is 5.21. The SMILES string of the molecule is CC(CCCONC(=O)[C@@H]1CC[C@@H]2CN1C(=O)N2OS(=O)(=O)O)N(C(=O)O)C(C)(C)C. The molecule has 0 aromatic carbocycles. The number of carbonyl (C=O) groups excluding carboxylic acids is 2. The van der Waals surface area contributed by atoms with Crippen molar-refractivity contribution < 1.29 is 41.6 Å². The normalized spacial score (nSPS) is 22.4. The van der Waals surface area contributed by atoms with Gasteiger partial charge in [0.1, 0.15) is 6.04 Å². The number of piperidine rings is 1. The molecule has 2 aliphatic rings. The Morgan fingerprint density at radius 1 is 1.32 bits per heavy atom. The van der Waals surface area contributed by atoms with Gasteiger partial charge in [0.25, 0.3) is 5.91 Å². The van der Waals surface area contributed by atoms with Crippen molar-refractivity contribution in [1.82, 2.24) is 20.3 Å². The second-order valence-electron chi connectivity index (χ2n) is 8.64. The van der Waals surface area contributed by atoms with E-state index in [0.717, 1.165) is 4.90 Å². The molecule has 0 radical (unpaired) electrons. The topological polar surface area (TPSA) is 166 Å². The average molecular weight is 467 g/mol. The summed E-state index contributed by atoms with van der Waals surface area (Å²) in [6, 6.07) is -2.52. The zero-order valence-electron chi connectivity index (χ0n) is 18.0. The summed E-state index contributed by atoms with van der Waals surface area (Å²) in [6.07, 6.45) is 0.592. The molecule has 4 amide bonds. The van der Waals surface area contributed by atoms with E-state index in [1.165, 1.54) is 4.90 Å². The lowest BCUT2D eigenvalue weighted by Crippen LogP contribution is -2.50. The highest BCUT2D eigenvalue weighted by Gasteiger charge is 2.49. The van der Waals surface area contributed by atoms with Gasteiger partial charge >= 0.3 is 22.5 Å². The van der Waals surface area contributed by atoms with E-state index in [-0.39, 0.29) is 25.6 Å². The number of nitrogens with one attached hydrogen (secondary N) is 1. The number of nitrogens with zero attached hydrogens (tertiary/aromatic N) is 3. The Hall–Kier alpha value is -2.16. The molecular formula is C17H30N4O9S. The molecule has 3 N–H and O–H groups in total. The quantitative estimate of drug-likeness (QED) is 0.255. The maximum atomic E-state index is 12.4. The summed E-state index contributed by atoms with van der Waals surface area (Å²) < 4.78 is 34.9. The van der Waals surface area contributed by atoms with E-state index in [1.54, 1.807) is 6.92 Å². The van der Waals surface area contributed by atoms with Crippen molar-refractivity contribution in [3.63, 3.8) is 0 Å². The van der Waals surface area contributed by atoms with Crippen LogP contribution in [0.5, 0.6) is 0 Å². The van der Waals surface area contributed by atoms with Crippen molar-refractivity contribution in [1.29, 1.82) is 0 Å². The molecule has 1 unspecified atom stereocenters. The van der Waals surface area contributed by atoms with Crippen molar-refractivity contribution in [3.8, 4) is 0 Å². The summed E-state index contributed by atoms with van der Waals surface area (Å²) in [4.78, 5) is 43.9. The fourth-order valence-corrected chi connectivity index (χ4v) is 4.40. The van der Waals surface area contributed by atoms with Crippen LogP contribution < -0.4 is 5.48 Å². The van der Waals surface area contributed by atoms with Crippen LogP contribution in [-0.4, -0.2) is 87.8 Å². The standard InChI is InChI=1S/C17H30N4O9S/c1-11(20(16(24)25)17(2,3)4)6-5-9-29-18-14(22)13-8-7-12-10-19(13)15(23)21(12)30-31(26,27)28/h11-13H,5-10H2,1-4H3,(H,18,22)(H,24,25)(H,26,27,28)/t11?,12-,13+/m1/s1. The van der Waals surface area contributed by atoms with Crippen LogP contribution in [0.25, 0.3) is 0 Å². The zero-order valence-corrected chi connectivity index (χ0v) is 18.8. The van der Waals surface area contributed by atoms with Gasteiger partial charge in [0, 0.05) is 18.1 Å². The molecule has 2 bridgehead atoms. The van der Waals surface area contributed by atoms with Crippen LogP contribution in [0.1, 0.15) is 53.4 Å². The number of rotatable bonds is 9. The number of hydrogen-bond donors (Lipinski definition) is 3. The van der Waals surface area contributed by atoms with Gasteiger partial charge in [-0.1, -0.05) is 0 Å². The van der Waals surface area contributed by atoms with E-state index in [9.17, 15) is 27.9 Å². The maximum Gasteiger partial charge on any atom is 0.418 e. The van der Waals surface area contributed by atoms with Crippen molar-refractivity contribution in [2.45, 2.75) is 77.0 Å². The lowest BCUT2D eigenvalue weighted by Gasteiger charge is -2.38. The fraction of sp³-hybridized carbons (Fsp3) is 0.824. The predicted molar refractivity (Wildman–Crippen MR) is 106 cm³/mol. The predicted octanol–water partition coefficient (Wildman–Crippen LogP) is 0.984.